The molecule has 0 aromatic heterocycles. The SMILES string of the molecule is O=C(CN1C(=O)C2C3C=CC(C3)C2C1=O)NCc1ccccc1Cl. The van der Waals surface area contributed by atoms with Gasteiger partial charge in [0.2, 0.25) is 17.7 Å². The number of halogens is 1. The van der Waals surface area contributed by atoms with E-state index in [1.807, 2.05) is 30.4 Å². The van der Waals surface area contributed by atoms with Crippen LogP contribution in [0, 0.1) is 23.7 Å². The van der Waals surface area contributed by atoms with Gasteiger partial charge in [0.25, 0.3) is 0 Å². The molecule has 1 saturated carbocycles. The normalized spacial score (nSPS) is 30.1. The Hall–Kier alpha value is -2.14. The molecule has 4 atom stereocenters. The van der Waals surface area contributed by atoms with Crippen LogP contribution in [-0.4, -0.2) is 29.2 Å². The molecule has 2 aliphatic carbocycles. The number of nitrogens with zero attached hydrogens (tertiary/aromatic N) is 1. The highest BCUT2D eigenvalue weighted by molar-refractivity contribution is 6.31. The zero-order valence-corrected chi connectivity index (χ0v) is 13.7. The molecule has 4 rings (SSSR count). The van der Waals surface area contributed by atoms with Crippen molar-refractivity contribution in [3.8, 4) is 0 Å². The minimum absolute atomic E-state index is 0.160. The van der Waals surface area contributed by atoms with Crippen LogP contribution in [-0.2, 0) is 20.9 Å². The fourth-order valence-corrected chi connectivity index (χ4v) is 4.36. The summed E-state index contributed by atoms with van der Waals surface area (Å²) in [5.74, 6) is -0.950. The summed E-state index contributed by atoms with van der Waals surface area (Å²) in [4.78, 5) is 38.3. The summed E-state index contributed by atoms with van der Waals surface area (Å²) in [6.07, 6.45) is 4.97. The summed E-state index contributed by atoms with van der Waals surface area (Å²) in [5, 5.41) is 3.30. The number of benzene rings is 1. The van der Waals surface area contributed by atoms with Gasteiger partial charge in [0.15, 0.2) is 0 Å². The van der Waals surface area contributed by atoms with Crippen molar-refractivity contribution in [1.82, 2.24) is 10.2 Å². The van der Waals surface area contributed by atoms with E-state index in [2.05, 4.69) is 5.32 Å². The lowest BCUT2D eigenvalue weighted by Crippen LogP contribution is -2.41. The molecule has 3 aliphatic rings. The molecular weight excluding hydrogens is 328 g/mol. The highest BCUT2D eigenvalue weighted by Crippen LogP contribution is 2.52. The molecule has 1 aromatic carbocycles. The van der Waals surface area contributed by atoms with Crippen molar-refractivity contribution in [3.05, 3.63) is 47.0 Å². The Balaban J connectivity index is 1.39. The lowest BCUT2D eigenvalue weighted by Gasteiger charge is -2.17. The van der Waals surface area contributed by atoms with Gasteiger partial charge in [-0.25, -0.2) is 0 Å². The van der Waals surface area contributed by atoms with Gasteiger partial charge in [-0.3, -0.25) is 19.3 Å². The molecule has 2 bridgehead atoms. The van der Waals surface area contributed by atoms with E-state index in [1.165, 1.54) is 0 Å². The number of rotatable bonds is 4. The summed E-state index contributed by atoms with van der Waals surface area (Å²) in [6.45, 7) is 0.0585. The molecule has 124 valence electrons. The first-order valence-corrected chi connectivity index (χ1v) is 8.47. The average Bonchev–Trinajstić information content (AvgIpc) is 3.24. The van der Waals surface area contributed by atoms with Crippen molar-refractivity contribution in [3.63, 3.8) is 0 Å². The summed E-state index contributed by atoms with van der Waals surface area (Å²) in [5.41, 5.74) is 0.797. The summed E-state index contributed by atoms with van der Waals surface area (Å²) < 4.78 is 0. The number of carbonyl (C=O) groups is 3. The Morgan fingerprint density at radius 2 is 1.75 bits per heavy atom. The molecule has 5 nitrogen and oxygen atoms in total. The molecule has 1 saturated heterocycles. The van der Waals surface area contributed by atoms with E-state index in [0.717, 1.165) is 16.9 Å². The van der Waals surface area contributed by atoms with Crippen LogP contribution in [0.25, 0.3) is 0 Å². The van der Waals surface area contributed by atoms with E-state index >= 15 is 0 Å². The smallest absolute Gasteiger partial charge is 0.240 e. The van der Waals surface area contributed by atoms with Gasteiger partial charge < -0.3 is 5.32 Å². The first kappa shape index (κ1) is 15.4. The molecule has 1 aromatic rings. The number of hydrogen-bond acceptors (Lipinski definition) is 3. The highest BCUT2D eigenvalue weighted by atomic mass is 35.5. The molecule has 1 aliphatic heterocycles. The third-order valence-electron chi connectivity index (χ3n) is 5.30. The van der Waals surface area contributed by atoms with E-state index in [9.17, 15) is 14.4 Å². The largest absolute Gasteiger partial charge is 0.350 e. The first-order chi connectivity index (χ1) is 11.6. The molecule has 3 amide bonds. The van der Waals surface area contributed by atoms with E-state index in [0.29, 0.717) is 5.02 Å². The van der Waals surface area contributed by atoms with Gasteiger partial charge >= 0.3 is 0 Å². The third-order valence-corrected chi connectivity index (χ3v) is 5.67. The van der Waals surface area contributed by atoms with Crippen LogP contribution >= 0.6 is 11.6 Å². The van der Waals surface area contributed by atoms with Crippen molar-refractivity contribution in [2.24, 2.45) is 23.7 Å². The number of carbonyl (C=O) groups excluding carboxylic acids is 3. The second-order valence-electron chi connectivity index (χ2n) is 6.63. The lowest BCUT2D eigenvalue weighted by molar-refractivity contribution is -0.144. The average molecular weight is 345 g/mol. The van der Waals surface area contributed by atoms with Crippen LogP contribution in [0.4, 0.5) is 0 Å². The Labute approximate surface area is 144 Å². The minimum atomic E-state index is -0.350. The van der Waals surface area contributed by atoms with Gasteiger partial charge in [-0.2, -0.15) is 0 Å². The zero-order chi connectivity index (χ0) is 16.8. The Kier molecular flexibility index (Phi) is 3.68. The highest BCUT2D eigenvalue weighted by Gasteiger charge is 2.59. The monoisotopic (exact) mass is 344 g/mol. The fourth-order valence-electron chi connectivity index (χ4n) is 4.15. The van der Waals surface area contributed by atoms with Crippen LogP contribution in [0.1, 0.15) is 12.0 Å². The van der Waals surface area contributed by atoms with Crippen molar-refractivity contribution in [2.75, 3.05) is 6.54 Å². The molecule has 6 heteroatoms. The number of fused-ring (bicyclic) bond motifs is 5. The Morgan fingerprint density at radius 1 is 1.12 bits per heavy atom. The van der Waals surface area contributed by atoms with Crippen molar-refractivity contribution in [1.29, 1.82) is 0 Å². The van der Waals surface area contributed by atoms with Gasteiger partial charge in [0, 0.05) is 11.6 Å². The minimum Gasteiger partial charge on any atom is -0.350 e. The predicted molar refractivity (Wildman–Crippen MR) is 87.7 cm³/mol. The molecule has 1 N–H and O–H groups in total. The van der Waals surface area contributed by atoms with Crippen LogP contribution in [0.2, 0.25) is 5.02 Å². The Morgan fingerprint density at radius 3 is 2.38 bits per heavy atom. The number of nitrogens with one attached hydrogen (secondary N) is 1. The van der Waals surface area contributed by atoms with Crippen LogP contribution in [0.5, 0.6) is 0 Å². The molecule has 0 spiro atoms. The Bertz CT molecular complexity index is 730. The van der Waals surface area contributed by atoms with Crippen LogP contribution < -0.4 is 5.32 Å². The number of amides is 3. The molecule has 24 heavy (non-hydrogen) atoms. The number of likely N-dealkylation sites (tertiary alicyclic amines) is 1. The maximum absolute atomic E-state index is 12.5. The second-order valence-corrected chi connectivity index (χ2v) is 7.04. The van der Waals surface area contributed by atoms with Gasteiger partial charge in [0.05, 0.1) is 11.8 Å². The first-order valence-electron chi connectivity index (χ1n) is 8.10. The van der Waals surface area contributed by atoms with E-state index < -0.39 is 0 Å². The molecule has 0 radical (unpaired) electrons. The van der Waals surface area contributed by atoms with E-state index in [4.69, 9.17) is 11.6 Å². The quantitative estimate of drug-likeness (QED) is 0.668. The molecule has 2 fully saturated rings. The van der Waals surface area contributed by atoms with Crippen LogP contribution in [0.3, 0.4) is 0 Å². The van der Waals surface area contributed by atoms with Gasteiger partial charge in [-0.1, -0.05) is 42.0 Å². The maximum atomic E-state index is 12.5. The summed E-state index contributed by atoms with van der Waals surface area (Å²) >= 11 is 6.05. The van der Waals surface area contributed by atoms with Gasteiger partial charge in [0.1, 0.15) is 6.54 Å². The number of allylic oxidation sites excluding steroid dienone is 2. The standard InChI is InChI=1S/C18H17ClN2O3/c19-13-4-2-1-3-12(13)8-20-14(22)9-21-17(23)15-10-5-6-11(7-10)16(15)18(21)24/h1-6,10-11,15-16H,7-9H2,(H,20,22). The van der Waals surface area contributed by atoms with Crippen LogP contribution in [0.15, 0.2) is 36.4 Å². The summed E-state index contributed by atoms with van der Waals surface area (Å²) in [6, 6.07) is 7.23. The van der Waals surface area contributed by atoms with Gasteiger partial charge in [-0.05, 0) is 29.9 Å². The van der Waals surface area contributed by atoms with Crippen molar-refractivity contribution in [2.45, 2.75) is 13.0 Å². The molecule has 4 unspecified atom stereocenters. The fraction of sp³-hybridized carbons (Fsp3) is 0.389. The third kappa shape index (κ3) is 2.35. The number of imide groups is 1. The van der Waals surface area contributed by atoms with Crippen molar-refractivity contribution < 1.29 is 14.4 Å². The zero-order valence-electron chi connectivity index (χ0n) is 12.9. The maximum Gasteiger partial charge on any atom is 0.240 e. The van der Waals surface area contributed by atoms with Gasteiger partial charge in [-0.15, -0.1) is 0 Å². The second kappa shape index (κ2) is 5.74. The lowest BCUT2D eigenvalue weighted by atomic mass is 9.85. The van der Waals surface area contributed by atoms with Crippen molar-refractivity contribution >= 4 is 29.3 Å². The molecule has 1 heterocycles. The topological polar surface area (TPSA) is 66.5 Å². The predicted octanol–water partition coefficient (Wildman–Crippen LogP) is 1.76. The summed E-state index contributed by atoms with van der Waals surface area (Å²) in [7, 11) is 0. The van der Waals surface area contributed by atoms with E-state index in [1.54, 1.807) is 6.07 Å². The number of hydrogen-bond donors (Lipinski definition) is 1. The van der Waals surface area contributed by atoms with E-state index in [-0.39, 0.29) is 54.5 Å². The molecular formula is C18H17ClN2O3.